The number of anilines is 1. The van der Waals surface area contributed by atoms with Crippen molar-refractivity contribution in [3.05, 3.63) is 49.6 Å². The number of carbonyl (C=O) groups excluding carboxylic acids is 2. The maximum atomic E-state index is 12.2. The van der Waals surface area contributed by atoms with Crippen molar-refractivity contribution in [2.24, 2.45) is 0 Å². The summed E-state index contributed by atoms with van der Waals surface area (Å²) in [6.45, 7) is 8.74. The first-order valence-corrected chi connectivity index (χ1v) is 8.98. The number of rotatable bonds is 10. The Hall–Kier alpha value is -2.05. The molecule has 0 fully saturated rings. The molecule has 0 heterocycles. The third-order valence-electron chi connectivity index (χ3n) is 3.35. The van der Waals surface area contributed by atoms with E-state index < -0.39 is 0 Å². The van der Waals surface area contributed by atoms with Crippen LogP contribution >= 0.6 is 11.8 Å². The standard InChI is InChI=1S/C18H25N3O2S/c1-5-11-21(12-6-2)18(23)14-20(3)13-17(22)19-15-9-7-8-10-16(15)24-4/h5-10H,1-2,11-14H2,3-4H3,(H,19,22)/p+1. The average Bonchev–Trinajstić information content (AvgIpc) is 2.54. The van der Waals surface area contributed by atoms with E-state index in [1.807, 2.05) is 37.6 Å². The Morgan fingerprint density at radius 1 is 1.21 bits per heavy atom. The van der Waals surface area contributed by atoms with Crippen molar-refractivity contribution < 1.29 is 14.5 Å². The summed E-state index contributed by atoms with van der Waals surface area (Å²) in [6, 6.07) is 7.66. The van der Waals surface area contributed by atoms with E-state index in [1.54, 1.807) is 28.8 Å². The molecular weight excluding hydrogens is 322 g/mol. The number of benzene rings is 1. The number of quaternary nitrogens is 1. The van der Waals surface area contributed by atoms with Gasteiger partial charge in [-0.15, -0.1) is 24.9 Å². The fourth-order valence-corrected chi connectivity index (χ4v) is 2.79. The Balaban J connectivity index is 2.55. The van der Waals surface area contributed by atoms with Crippen molar-refractivity contribution >= 4 is 29.3 Å². The van der Waals surface area contributed by atoms with E-state index in [-0.39, 0.29) is 24.9 Å². The van der Waals surface area contributed by atoms with Gasteiger partial charge in [-0.2, -0.15) is 0 Å². The van der Waals surface area contributed by atoms with Crippen molar-refractivity contribution in [3.63, 3.8) is 0 Å². The minimum absolute atomic E-state index is 0.0235. The van der Waals surface area contributed by atoms with Crippen LogP contribution in [0.5, 0.6) is 0 Å². The largest absolute Gasteiger partial charge is 0.330 e. The van der Waals surface area contributed by atoms with Crippen LogP contribution < -0.4 is 10.2 Å². The Bertz CT molecular complexity index is 579. The first-order chi connectivity index (χ1) is 11.5. The first-order valence-electron chi connectivity index (χ1n) is 7.75. The van der Waals surface area contributed by atoms with Gasteiger partial charge in [-0.1, -0.05) is 24.3 Å². The van der Waals surface area contributed by atoms with Crippen LogP contribution in [0, 0.1) is 0 Å². The highest BCUT2D eigenvalue weighted by Gasteiger charge is 2.18. The van der Waals surface area contributed by atoms with E-state index in [9.17, 15) is 9.59 Å². The quantitative estimate of drug-likeness (QED) is 0.491. The predicted molar refractivity (Wildman–Crippen MR) is 100 cm³/mol. The molecule has 2 N–H and O–H groups in total. The van der Waals surface area contributed by atoms with Gasteiger partial charge in [0.2, 0.25) is 0 Å². The second kappa shape index (κ2) is 10.7. The van der Waals surface area contributed by atoms with Gasteiger partial charge in [-0.3, -0.25) is 9.59 Å². The minimum Gasteiger partial charge on any atom is -0.330 e. The lowest BCUT2D eigenvalue weighted by molar-refractivity contribution is -0.862. The third kappa shape index (κ3) is 6.60. The van der Waals surface area contributed by atoms with Crippen molar-refractivity contribution in [3.8, 4) is 0 Å². The van der Waals surface area contributed by atoms with Gasteiger partial charge in [0.1, 0.15) is 0 Å². The summed E-state index contributed by atoms with van der Waals surface area (Å²) in [4.78, 5) is 27.9. The molecule has 6 heteroatoms. The number of hydrogen-bond donors (Lipinski definition) is 2. The minimum atomic E-state index is -0.110. The van der Waals surface area contributed by atoms with Crippen molar-refractivity contribution in [1.29, 1.82) is 0 Å². The molecule has 0 bridgehead atoms. The molecule has 1 atom stereocenters. The summed E-state index contributed by atoms with van der Waals surface area (Å²) in [6.07, 6.45) is 5.33. The number of para-hydroxylation sites is 1. The molecule has 0 aliphatic rings. The lowest BCUT2D eigenvalue weighted by atomic mass is 10.3. The van der Waals surface area contributed by atoms with Gasteiger partial charge >= 0.3 is 0 Å². The van der Waals surface area contributed by atoms with Gasteiger partial charge in [-0.25, -0.2) is 0 Å². The Labute approximate surface area is 148 Å². The number of amides is 2. The van der Waals surface area contributed by atoms with Gasteiger partial charge < -0.3 is 15.1 Å². The third-order valence-corrected chi connectivity index (χ3v) is 4.14. The molecule has 0 aliphatic carbocycles. The van der Waals surface area contributed by atoms with Gasteiger partial charge in [-0.05, 0) is 18.4 Å². The van der Waals surface area contributed by atoms with Gasteiger partial charge in [0.05, 0.1) is 12.7 Å². The van der Waals surface area contributed by atoms with Crippen molar-refractivity contribution in [2.45, 2.75) is 4.90 Å². The highest BCUT2D eigenvalue weighted by molar-refractivity contribution is 7.98. The molecule has 130 valence electrons. The number of nitrogens with zero attached hydrogens (tertiary/aromatic N) is 1. The van der Waals surface area contributed by atoms with E-state index in [0.29, 0.717) is 13.1 Å². The molecule has 0 radical (unpaired) electrons. The molecule has 2 amide bonds. The van der Waals surface area contributed by atoms with E-state index in [2.05, 4.69) is 18.5 Å². The average molecular weight is 348 g/mol. The number of likely N-dealkylation sites (N-methyl/N-ethyl adjacent to an activating group) is 1. The van der Waals surface area contributed by atoms with Gasteiger partial charge in [0.25, 0.3) is 11.8 Å². The highest BCUT2D eigenvalue weighted by Crippen LogP contribution is 2.24. The maximum absolute atomic E-state index is 12.2. The summed E-state index contributed by atoms with van der Waals surface area (Å²) in [7, 11) is 1.83. The summed E-state index contributed by atoms with van der Waals surface area (Å²) in [5.41, 5.74) is 0.800. The normalized spacial score (nSPS) is 11.4. The molecular formula is C18H26N3O2S+. The van der Waals surface area contributed by atoms with Crippen molar-refractivity contribution in [1.82, 2.24) is 4.90 Å². The van der Waals surface area contributed by atoms with Crippen LogP contribution in [-0.4, -0.2) is 56.2 Å². The molecule has 0 spiro atoms. The van der Waals surface area contributed by atoms with Crippen LogP contribution in [0.3, 0.4) is 0 Å². The van der Waals surface area contributed by atoms with Gasteiger partial charge in [0, 0.05) is 18.0 Å². The summed E-state index contributed by atoms with van der Waals surface area (Å²) < 4.78 is 0. The molecule has 0 aromatic heterocycles. The second-order valence-electron chi connectivity index (χ2n) is 5.44. The molecule has 0 saturated heterocycles. The summed E-state index contributed by atoms with van der Waals surface area (Å²) in [5, 5.41) is 2.91. The van der Waals surface area contributed by atoms with Crippen LogP contribution in [-0.2, 0) is 9.59 Å². The van der Waals surface area contributed by atoms with Crippen molar-refractivity contribution in [2.75, 3.05) is 44.8 Å². The summed E-state index contributed by atoms with van der Waals surface area (Å²) in [5.74, 6) is -0.134. The molecule has 1 aromatic rings. The maximum Gasteiger partial charge on any atom is 0.279 e. The van der Waals surface area contributed by atoms with Crippen LogP contribution in [0.1, 0.15) is 0 Å². The Morgan fingerprint density at radius 3 is 2.42 bits per heavy atom. The lowest BCUT2D eigenvalue weighted by Gasteiger charge is -2.21. The molecule has 0 aliphatic heterocycles. The zero-order chi connectivity index (χ0) is 17.9. The molecule has 1 rings (SSSR count). The van der Waals surface area contributed by atoms with E-state index in [1.165, 1.54) is 0 Å². The van der Waals surface area contributed by atoms with Crippen LogP contribution in [0.15, 0.2) is 54.5 Å². The van der Waals surface area contributed by atoms with E-state index >= 15 is 0 Å². The smallest absolute Gasteiger partial charge is 0.279 e. The molecule has 1 unspecified atom stereocenters. The first kappa shape index (κ1) is 20.0. The lowest BCUT2D eigenvalue weighted by Crippen LogP contribution is -3.11. The van der Waals surface area contributed by atoms with E-state index in [0.717, 1.165) is 15.5 Å². The molecule has 24 heavy (non-hydrogen) atoms. The number of thioether (sulfide) groups is 1. The van der Waals surface area contributed by atoms with E-state index in [4.69, 9.17) is 0 Å². The summed E-state index contributed by atoms with van der Waals surface area (Å²) >= 11 is 1.58. The molecule has 5 nitrogen and oxygen atoms in total. The predicted octanol–water partition coefficient (Wildman–Crippen LogP) is 1.06. The molecule has 0 saturated carbocycles. The SMILES string of the molecule is C=CCN(CC=C)C(=O)C[NH+](C)CC(=O)Nc1ccccc1SC. The van der Waals surface area contributed by atoms with Crippen LogP contribution in [0.25, 0.3) is 0 Å². The van der Waals surface area contributed by atoms with Crippen LogP contribution in [0.4, 0.5) is 5.69 Å². The number of hydrogen-bond acceptors (Lipinski definition) is 3. The fourth-order valence-electron chi connectivity index (χ4n) is 2.24. The highest BCUT2D eigenvalue weighted by atomic mass is 32.2. The topological polar surface area (TPSA) is 53.9 Å². The molecule has 1 aromatic carbocycles. The van der Waals surface area contributed by atoms with Crippen LogP contribution in [0.2, 0.25) is 0 Å². The Morgan fingerprint density at radius 2 is 1.83 bits per heavy atom. The Kier molecular flexibility index (Phi) is 8.89. The van der Waals surface area contributed by atoms with Gasteiger partial charge in [0.15, 0.2) is 13.1 Å². The number of carbonyl (C=O) groups is 2. The zero-order valence-corrected chi connectivity index (χ0v) is 15.2. The number of nitrogens with one attached hydrogen (secondary N) is 2. The zero-order valence-electron chi connectivity index (χ0n) is 14.4. The second-order valence-corrected chi connectivity index (χ2v) is 6.28. The monoisotopic (exact) mass is 348 g/mol. The fraction of sp³-hybridized carbons (Fsp3) is 0.333.